The minimum absolute atomic E-state index is 0.368. The summed E-state index contributed by atoms with van der Waals surface area (Å²) in [5, 5.41) is 2.04. The molecule has 3 heterocycles. The van der Waals surface area contributed by atoms with Crippen LogP contribution >= 0.6 is 64.2 Å². The minimum atomic E-state index is -4.68. The molecule has 0 spiro atoms. The van der Waals surface area contributed by atoms with Gasteiger partial charge in [0.25, 0.3) is 0 Å². The normalized spacial score (nSPS) is 13.3. The maximum absolute atomic E-state index is 11.8. The van der Waals surface area contributed by atoms with Crippen LogP contribution in [0.25, 0.3) is 19.5 Å². The van der Waals surface area contributed by atoms with Crippen LogP contribution in [0.3, 0.4) is 0 Å². The van der Waals surface area contributed by atoms with Gasteiger partial charge in [-0.05, 0) is 64.2 Å². The summed E-state index contributed by atoms with van der Waals surface area (Å²) in [5.41, 5.74) is -0.274. The van der Waals surface area contributed by atoms with Crippen LogP contribution in [0.5, 0.6) is 0 Å². The SMILES string of the molecule is CCCC(c1cc(I)sc1-c1ccc(-c2cccs2)s1)P(=O)([O-])[O-]. The maximum atomic E-state index is 11.8. The van der Waals surface area contributed by atoms with Gasteiger partial charge in [0.05, 0.1) is 2.88 Å². The van der Waals surface area contributed by atoms with E-state index in [0.29, 0.717) is 18.4 Å². The second-order valence-electron chi connectivity index (χ2n) is 5.32. The molecule has 3 nitrogen and oxygen atoms in total. The summed E-state index contributed by atoms with van der Waals surface area (Å²) in [6.07, 6.45) is 1.03. The first-order chi connectivity index (χ1) is 11.4. The predicted octanol–water partition coefficient (Wildman–Crippen LogP) is 5.56. The van der Waals surface area contributed by atoms with Crippen LogP contribution in [0.4, 0.5) is 0 Å². The van der Waals surface area contributed by atoms with Crippen LogP contribution in [0.15, 0.2) is 35.7 Å². The Hall–Kier alpha value is -0.0200. The molecule has 3 rings (SSSR count). The summed E-state index contributed by atoms with van der Waals surface area (Å²) in [7, 11) is -4.68. The van der Waals surface area contributed by atoms with Crippen LogP contribution in [0.2, 0.25) is 0 Å². The molecule has 24 heavy (non-hydrogen) atoms. The molecule has 0 aromatic carbocycles. The van der Waals surface area contributed by atoms with Gasteiger partial charge in [0, 0.05) is 25.2 Å². The molecule has 0 amide bonds. The molecule has 3 aromatic heterocycles. The minimum Gasteiger partial charge on any atom is -0.810 e. The monoisotopic (exact) mass is 508 g/mol. The Labute approximate surface area is 166 Å². The lowest BCUT2D eigenvalue weighted by Gasteiger charge is -2.38. The third kappa shape index (κ3) is 4.03. The molecule has 0 N–H and O–H groups in total. The lowest BCUT2D eigenvalue weighted by atomic mass is 10.1. The van der Waals surface area contributed by atoms with E-state index in [9.17, 15) is 14.4 Å². The molecule has 0 saturated heterocycles. The highest BCUT2D eigenvalue weighted by atomic mass is 127. The van der Waals surface area contributed by atoms with Crippen molar-refractivity contribution in [2.75, 3.05) is 0 Å². The highest BCUT2D eigenvalue weighted by Crippen LogP contribution is 2.53. The van der Waals surface area contributed by atoms with Gasteiger partial charge >= 0.3 is 0 Å². The third-order valence-electron chi connectivity index (χ3n) is 3.63. The summed E-state index contributed by atoms with van der Waals surface area (Å²) < 4.78 is 12.8. The number of rotatable bonds is 6. The second-order valence-corrected chi connectivity index (χ2v) is 12.0. The van der Waals surface area contributed by atoms with Crippen molar-refractivity contribution in [1.29, 1.82) is 0 Å². The fraction of sp³-hybridized carbons (Fsp3) is 0.250. The summed E-state index contributed by atoms with van der Waals surface area (Å²) in [6, 6.07) is 10.0. The molecule has 0 fully saturated rings. The van der Waals surface area contributed by atoms with Crippen molar-refractivity contribution in [3.05, 3.63) is 44.2 Å². The summed E-state index contributed by atoms with van der Waals surface area (Å²) in [6.45, 7) is 1.90. The molecular formula is C16H14IO3PS3-2. The van der Waals surface area contributed by atoms with E-state index >= 15 is 0 Å². The van der Waals surface area contributed by atoms with Gasteiger partial charge in [0.1, 0.15) is 0 Å². The first-order valence-corrected chi connectivity index (χ1v) is 12.6. The maximum Gasteiger partial charge on any atom is 0.0663 e. The van der Waals surface area contributed by atoms with Crippen LogP contribution in [0.1, 0.15) is 31.0 Å². The van der Waals surface area contributed by atoms with E-state index in [1.54, 1.807) is 34.0 Å². The fourth-order valence-electron chi connectivity index (χ4n) is 2.58. The quantitative estimate of drug-likeness (QED) is 0.323. The zero-order valence-corrected chi connectivity index (χ0v) is 18.2. The third-order valence-corrected chi connectivity index (χ3v) is 9.17. The predicted molar refractivity (Wildman–Crippen MR) is 109 cm³/mol. The Morgan fingerprint density at radius 3 is 2.54 bits per heavy atom. The van der Waals surface area contributed by atoms with Gasteiger partial charge in [-0.25, -0.2) is 0 Å². The van der Waals surface area contributed by atoms with Crippen LogP contribution < -0.4 is 9.79 Å². The topological polar surface area (TPSA) is 63.2 Å². The van der Waals surface area contributed by atoms with Crippen LogP contribution in [0, 0.1) is 2.88 Å². The average Bonchev–Trinajstić information content (AvgIpc) is 3.22. The highest BCUT2D eigenvalue weighted by molar-refractivity contribution is 14.1. The Balaban J connectivity index is 2.05. The van der Waals surface area contributed by atoms with Crippen molar-refractivity contribution in [2.24, 2.45) is 0 Å². The Kier molecular flexibility index (Phi) is 6.02. The Morgan fingerprint density at radius 1 is 1.17 bits per heavy atom. The van der Waals surface area contributed by atoms with E-state index in [-0.39, 0.29) is 0 Å². The first kappa shape index (κ1) is 18.8. The van der Waals surface area contributed by atoms with Gasteiger partial charge in [-0.3, -0.25) is 0 Å². The van der Waals surface area contributed by atoms with Crippen LogP contribution in [-0.4, -0.2) is 0 Å². The summed E-state index contributed by atoms with van der Waals surface area (Å²) in [5.74, 6) is 0. The zero-order valence-electron chi connectivity index (χ0n) is 12.7. The van der Waals surface area contributed by atoms with E-state index in [1.165, 1.54) is 4.88 Å². The van der Waals surface area contributed by atoms with E-state index in [1.807, 2.05) is 30.5 Å². The highest BCUT2D eigenvalue weighted by Gasteiger charge is 2.22. The largest absolute Gasteiger partial charge is 0.810 e. The number of halogens is 1. The zero-order chi connectivity index (χ0) is 17.3. The van der Waals surface area contributed by atoms with E-state index in [4.69, 9.17) is 0 Å². The van der Waals surface area contributed by atoms with Gasteiger partial charge < -0.3 is 14.4 Å². The van der Waals surface area contributed by atoms with Gasteiger partial charge in [0.2, 0.25) is 0 Å². The van der Waals surface area contributed by atoms with Gasteiger partial charge in [-0.1, -0.05) is 27.0 Å². The molecule has 1 unspecified atom stereocenters. The van der Waals surface area contributed by atoms with Crippen molar-refractivity contribution >= 4 is 64.2 Å². The standard InChI is InChI=1S/C16H16IO3PS3/c1-2-4-11(21(18,19)20)10-9-15(17)24-16(10)14-7-6-13(23-14)12-5-3-8-22-12/h3,5-9,11H,2,4H2,1H3,(H2,18,19,20)/p-2. The van der Waals surface area contributed by atoms with Crippen molar-refractivity contribution in [1.82, 2.24) is 0 Å². The summed E-state index contributed by atoms with van der Waals surface area (Å²) >= 11 is 7.06. The molecule has 0 radical (unpaired) electrons. The number of hydrogen-bond donors (Lipinski definition) is 0. The molecule has 8 heteroatoms. The molecule has 0 aliphatic rings. The lowest BCUT2D eigenvalue weighted by Crippen LogP contribution is -2.20. The molecule has 0 aliphatic carbocycles. The Bertz CT molecular complexity index is 863. The van der Waals surface area contributed by atoms with Crippen molar-refractivity contribution in [3.63, 3.8) is 0 Å². The van der Waals surface area contributed by atoms with Gasteiger partial charge in [-0.2, -0.15) is 0 Å². The first-order valence-electron chi connectivity index (χ1n) is 7.35. The molecule has 0 saturated carbocycles. The lowest BCUT2D eigenvalue weighted by molar-refractivity contribution is -0.317. The van der Waals surface area contributed by atoms with Crippen molar-refractivity contribution in [3.8, 4) is 19.5 Å². The molecule has 128 valence electrons. The van der Waals surface area contributed by atoms with Gasteiger partial charge in [0.15, 0.2) is 0 Å². The van der Waals surface area contributed by atoms with E-state index in [2.05, 4.69) is 34.7 Å². The fourth-order valence-corrected chi connectivity index (χ4v) is 7.71. The Morgan fingerprint density at radius 2 is 1.92 bits per heavy atom. The van der Waals surface area contributed by atoms with Crippen LogP contribution in [-0.2, 0) is 4.57 Å². The van der Waals surface area contributed by atoms with E-state index in [0.717, 1.165) is 17.5 Å². The molecule has 1 atom stereocenters. The molecular weight excluding hydrogens is 494 g/mol. The van der Waals surface area contributed by atoms with Gasteiger partial charge in [-0.15, -0.1) is 34.0 Å². The molecule has 0 aliphatic heterocycles. The number of thiophene rings is 3. The molecule has 3 aromatic rings. The number of hydrogen-bond acceptors (Lipinski definition) is 6. The molecule has 0 bridgehead atoms. The smallest absolute Gasteiger partial charge is 0.0663 e. The average molecular weight is 508 g/mol. The van der Waals surface area contributed by atoms with Crippen molar-refractivity contribution in [2.45, 2.75) is 25.4 Å². The summed E-state index contributed by atoms with van der Waals surface area (Å²) in [4.78, 5) is 27.9. The van der Waals surface area contributed by atoms with E-state index < -0.39 is 13.3 Å². The van der Waals surface area contributed by atoms with Crippen molar-refractivity contribution < 1.29 is 14.4 Å². The second kappa shape index (κ2) is 7.70.